The molecule has 0 aliphatic carbocycles. The van der Waals surface area contributed by atoms with Gasteiger partial charge in [-0.3, -0.25) is 4.79 Å². The maximum absolute atomic E-state index is 11.9. The summed E-state index contributed by atoms with van der Waals surface area (Å²) in [5.74, 6) is -1.87. The number of carbonyl (C=O) groups is 1. The van der Waals surface area contributed by atoms with E-state index in [1.165, 1.54) is 18.3 Å². The van der Waals surface area contributed by atoms with Gasteiger partial charge in [0.15, 0.2) is 0 Å². The molecule has 0 saturated carbocycles. The SMILES string of the molecule is Nc1cnc(Cl)cc1Cl.O=C(Cc1cnc(Cl)cc1Cl)C(F)(F)F. The van der Waals surface area contributed by atoms with Gasteiger partial charge in [-0.2, -0.15) is 13.2 Å². The lowest BCUT2D eigenvalue weighted by atomic mass is 10.1. The molecule has 0 spiro atoms. The Balaban J connectivity index is 0.000000272. The van der Waals surface area contributed by atoms with Gasteiger partial charge in [0.2, 0.25) is 5.78 Å². The first-order chi connectivity index (χ1) is 11.0. The molecule has 0 saturated heterocycles. The number of Topliss-reactive ketones (excluding diaryl/α,β-unsaturated/α-hetero) is 1. The summed E-state index contributed by atoms with van der Waals surface area (Å²) in [6.45, 7) is 0. The molecule has 0 atom stereocenters. The van der Waals surface area contributed by atoms with Crippen molar-refractivity contribution in [3.8, 4) is 0 Å². The van der Waals surface area contributed by atoms with E-state index < -0.39 is 18.4 Å². The highest BCUT2D eigenvalue weighted by Gasteiger charge is 2.38. The summed E-state index contributed by atoms with van der Waals surface area (Å²) in [5.41, 5.74) is 5.78. The van der Waals surface area contributed by atoms with Gasteiger partial charge in [-0.1, -0.05) is 46.4 Å². The predicted octanol–water partition coefficient (Wildman–Crippen LogP) is 5.03. The van der Waals surface area contributed by atoms with Crippen molar-refractivity contribution >= 4 is 57.9 Å². The number of nitrogens with zero attached hydrogens (tertiary/aromatic N) is 2. The van der Waals surface area contributed by atoms with E-state index in [-0.39, 0.29) is 15.7 Å². The summed E-state index contributed by atoms with van der Waals surface area (Å²) in [5, 5.41) is 0.847. The van der Waals surface area contributed by atoms with E-state index in [4.69, 9.17) is 52.1 Å². The molecule has 4 nitrogen and oxygen atoms in total. The fourth-order valence-corrected chi connectivity index (χ4v) is 2.06. The van der Waals surface area contributed by atoms with Crippen molar-refractivity contribution in [3.05, 3.63) is 50.4 Å². The number of carbonyl (C=O) groups excluding carboxylic acids is 1. The molecule has 130 valence electrons. The number of rotatable bonds is 2. The summed E-state index contributed by atoms with van der Waals surface area (Å²) in [6, 6.07) is 2.68. The van der Waals surface area contributed by atoms with Gasteiger partial charge in [0.25, 0.3) is 0 Å². The van der Waals surface area contributed by atoms with Crippen LogP contribution in [-0.4, -0.2) is 21.9 Å². The van der Waals surface area contributed by atoms with Gasteiger partial charge in [-0.05, 0) is 17.7 Å². The zero-order valence-electron chi connectivity index (χ0n) is 11.5. The van der Waals surface area contributed by atoms with Crippen molar-refractivity contribution < 1.29 is 18.0 Å². The minimum absolute atomic E-state index is 0.00314. The Hall–Kier alpha value is -1.28. The summed E-state index contributed by atoms with van der Waals surface area (Å²) in [6.07, 6.45) is -3.21. The van der Waals surface area contributed by atoms with E-state index >= 15 is 0 Å². The van der Waals surface area contributed by atoms with E-state index in [1.54, 1.807) is 0 Å². The van der Waals surface area contributed by atoms with Crippen LogP contribution in [0.5, 0.6) is 0 Å². The highest BCUT2D eigenvalue weighted by atomic mass is 35.5. The Bertz CT molecular complexity index is 741. The second-order valence-electron chi connectivity index (χ2n) is 4.22. The molecule has 0 bridgehead atoms. The number of aromatic nitrogens is 2. The molecule has 0 fully saturated rings. The van der Waals surface area contributed by atoms with Crippen LogP contribution in [-0.2, 0) is 11.2 Å². The number of hydrogen-bond acceptors (Lipinski definition) is 4. The maximum atomic E-state index is 11.9. The first-order valence-electron chi connectivity index (χ1n) is 5.97. The summed E-state index contributed by atoms with van der Waals surface area (Å²) in [7, 11) is 0. The Morgan fingerprint density at radius 1 is 1.00 bits per heavy atom. The topological polar surface area (TPSA) is 68.9 Å². The molecule has 2 aromatic heterocycles. The minimum atomic E-state index is -4.86. The van der Waals surface area contributed by atoms with Gasteiger partial charge in [0, 0.05) is 17.6 Å². The molecule has 2 rings (SSSR count). The molecule has 0 aliphatic rings. The highest BCUT2D eigenvalue weighted by molar-refractivity contribution is 6.35. The fourth-order valence-electron chi connectivity index (χ4n) is 1.26. The molecule has 2 aromatic rings. The monoisotopic (exact) mass is 419 g/mol. The van der Waals surface area contributed by atoms with Crippen molar-refractivity contribution in [2.75, 3.05) is 5.73 Å². The second kappa shape index (κ2) is 8.71. The molecule has 24 heavy (non-hydrogen) atoms. The standard InChI is InChI=1S/C8H4Cl2F3NO.C5H4Cl2N2/c9-5-2-7(10)14-3-4(5)1-6(15)8(11,12)13;6-3-1-5(7)9-2-4(3)8/h2-3H,1H2;1-2H,8H2. The van der Waals surface area contributed by atoms with Gasteiger partial charge < -0.3 is 5.73 Å². The lowest BCUT2D eigenvalue weighted by molar-refractivity contribution is -0.170. The van der Waals surface area contributed by atoms with Crippen molar-refractivity contribution in [2.45, 2.75) is 12.6 Å². The second-order valence-corrected chi connectivity index (χ2v) is 5.81. The molecular weight excluding hydrogens is 413 g/mol. The van der Waals surface area contributed by atoms with Gasteiger partial charge in [0.1, 0.15) is 10.3 Å². The summed E-state index contributed by atoms with van der Waals surface area (Å²) >= 11 is 22.1. The van der Waals surface area contributed by atoms with Crippen LogP contribution in [0.15, 0.2) is 24.5 Å². The molecule has 11 heteroatoms. The van der Waals surface area contributed by atoms with Crippen molar-refractivity contribution in [1.82, 2.24) is 9.97 Å². The smallest absolute Gasteiger partial charge is 0.396 e. The van der Waals surface area contributed by atoms with E-state index in [0.717, 1.165) is 6.20 Å². The number of nitrogens with two attached hydrogens (primary N) is 1. The van der Waals surface area contributed by atoms with Crippen molar-refractivity contribution in [2.24, 2.45) is 0 Å². The average Bonchev–Trinajstić information content (AvgIpc) is 2.46. The van der Waals surface area contributed by atoms with Crippen LogP contribution in [0, 0.1) is 0 Å². The van der Waals surface area contributed by atoms with Crippen LogP contribution in [0.3, 0.4) is 0 Å². The van der Waals surface area contributed by atoms with Crippen molar-refractivity contribution in [3.63, 3.8) is 0 Å². The molecular formula is C13H8Cl4F3N3O. The summed E-state index contributed by atoms with van der Waals surface area (Å²) in [4.78, 5) is 17.9. The quantitative estimate of drug-likeness (QED) is 0.691. The molecule has 0 unspecified atom stereocenters. The van der Waals surface area contributed by atoms with Gasteiger partial charge in [-0.15, -0.1) is 0 Å². The Morgan fingerprint density at radius 2 is 1.50 bits per heavy atom. The predicted molar refractivity (Wildman–Crippen MR) is 87.7 cm³/mol. The molecule has 2 N–H and O–H groups in total. The number of alkyl halides is 3. The minimum Gasteiger partial charge on any atom is -0.396 e. The van der Waals surface area contributed by atoms with Crippen LogP contribution in [0.25, 0.3) is 0 Å². The third kappa shape index (κ3) is 6.68. The Labute approximate surface area is 154 Å². The van der Waals surface area contributed by atoms with Gasteiger partial charge in [-0.25, -0.2) is 9.97 Å². The number of halogens is 7. The number of ketones is 1. The van der Waals surface area contributed by atoms with Crippen LogP contribution in [0.4, 0.5) is 18.9 Å². The molecule has 0 aromatic carbocycles. The number of nitrogen functional groups attached to an aromatic ring is 1. The molecule has 0 radical (unpaired) electrons. The molecule has 0 amide bonds. The lowest BCUT2D eigenvalue weighted by Crippen LogP contribution is -2.24. The molecule has 2 heterocycles. The van der Waals surface area contributed by atoms with E-state index in [9.17, 15) is 18.0 Å². The first kappa shape index (κ1) is 20.8. The zero-order valence-corrected chi connectivity index (χ0v) is 14.6. The first-order valence-corrected chi connectivity index (χ1v) is 7.48. The van der Waals surface area contributed by atoms with Crippen LogP contribution < -0.4 is 5.73 Å². The van der Waals surface area contributed by atoms with Gasteiger partial charge >= 0.3 is 6.18 Å². The average molecular weight is 421 g/mol. The van der Waals surface area contributed by atoms with E-state index in [0.29, 0.717) is 15.9 Å². The molecule has 0 aliphatic heterocycles. The van der Waals surface area contributed by atoms with E-state index in [1.807, 2.05) is 0 Å². The normalized spacial score (nSPS) is 10.8. The lowest BCUT2D eigenvalue weighted by Gasteiger charge is -2.06. The van der Waals surface area contributed by atoms with Gasteiger partial charge in [0.05, 0.1) is 16.9 Å². The van der Waals surface area contributed by atoms with E-state index in [2.05, 4.69) is 9.97 Å². The number of hydrogen-bond donors (Lipinski definition) is 1. The third-order valence-electron chi connectivity index (χ3n) is 2.41. The van der Waals surface area contributed by atoms with Crippen LogP contribution in [0.1, 0.15) is 5.56 Å². The Morgan fingerprint density at radius 3 is 1.92 bits per heavy atom. The number of anilines is 1. The maximum Gasteiger partial charge on any atom is 0.450 e. The summed E-state index contributed by atoms with van der Waals surface area (Å²) < 4.78 is 35.7. The van der Waals surface area contributed by atoms with Crippen LogP contribution in [0.2, 0.25) is 20.4 Å². The number of pyridine rings is 2. The third-order valence-corrected chi connectivity index (χ3v) is 3.50. The highest BCUT2D eigenvalue weighted by Crippen LogP contribution is 2.23. The Kier molecular flexibility index (Phi) is 7.54. The fraction of sp³-hybridized carbons (Fsp3) is 0.154. The largest absolute Gasteiger partial charge is 0.450 e. The van der Waals surface area contributed by atoms with Crippen molar-refractivity contribution in [1.29, 1.82) is 0 Å². The van der Waals surface area contributed by atoms with Crippen LogP contribution >= 0.6 is 46.4 Å². The zero-order chi connectivity index (χ0) is 18.5.